The van der Waals surface area contributed by atoms with Crippen molar-refractivity contribution >= 4 is 22.6 Å². The van der Waals surface area contributed by atoms with E-state index >= 15 is 0 Å². The number of rotatable bonds is 2. The molecular formula is C9H9N3O2. The maximum atomic E-state index is 10.9. The van der Waals surface area contributed by atoms with Crippen LogP contribution in [0.3, 0.4) is 0 Å². The molecule has 0 aliphatic rings. The molecule has 0 atom stereocenters. The van der Waals surface area contributed by atoms with Gasteiger partial charge in [-0.2, -0.15) is 0 Å². The molecule has 0 aliphatic heterocycles. The number of para-hydroxylation sites is 1. The Balaban J connectivity index is 2.41. The summed E-state index contributed by atoms with van der Waals surface area (Å²) in [5.41, 5.74) is 2.14. The topological polar surface area (TPSA) is 78.0 Å². The van der Waals surface area contributed by atoms with Crippen molar-refractivity contribution in [1.29, 1.82) is 0 Å². The van der Waals surface area contributed by atoms with Crippen molar-refractivity contribution in [2.75, 3.05) is 11.9 Å². The number of benzene rings is 1. The van der Waals surface area contributed by atoms with Gasteiger partial charge in [-0.15, -0.1) is 0 Å². The second-order valence-electron chi connectivity index (χ2n) is 2.81. The Hall–Kier alpha value is -1.88. The number of carbonyl (C=O) groups excluding carboxylic acids is 1. The molecule has 1 aromatic carbocycles. The van der Waals surface area contributed by atoms with Gasteiger partial charge in [0.2, 0.25) is 5.91 Å². The summed E-state index contributed by atoms with van der Waals surface area (Å²) in [6, 6.07) is 5.39. The molecule has 14 heavy (non-hydrogen) atoms. The molecule has 1 heterocycles. The SMILES string of the molecule is O=C(CO)Nc1cccc2[nH]cnc12. The molecule has 0 radical (unpaired) electrons. The fourth-order valence-electron chi connectivity index (χ4n) is 1.26. The van der Waals surface area contributed by atoms with Crippen LogP contribution in [0.4, 0.5) is 5.69 Å². The summed E-state index contributed by atoms with van der Waals surface area (Å²) in [5.74, 6) is -0.444. The lowest BCUT2D eigenvalue weighted by atomic mass is 10.2. The van der Waals surface area contributed by atoms with Crippen LogP contribution in [0.1, 0.15) is 0 Å². The van der Waals surface area contributed by atoms with Crippen LogP contribution in [0.15, 0.2) is 24.5 Å². The molecule has 0 fully saturated rings. The van der Waals surface area contributed by atoms with E-state index in [9.17, 15) is 4.79 Å². The fraction of sp³-hybridized carbons (Fsp3) is 0.111. The quantitative estimate of drug-likeness (QED) is 0.646. The number of hydrogen-bond acceptors (Lipinski definition) is 3. The van der Waals surface area contributed by atoms with E-state index in [2.05, 4.69) is 15.3 Å². The number of fused-ring (bicyclic) bond motifs is 1. The summed E-state index contributed by atoms with van der Waals surface area (Å²) in [5, 5.41) is 11.1. The van der Waals surface area contributed by atoms with Gasteiger partial charge < -0.3 is 15.4 Å². The van der Waals surface area contributed by atoms with Gasteiger partial charge in [-0.05, 0) is 12.1 Å². The second-order valence-corrected chi connectivity index (χ2v) is 2.81. The molecule has 0 saturated carbocycles. The third-order valence-electron chi connectivity index (χ3n) is 1.87. The van der Waals surface area contributed by atoms with E-state index in [1.165, 1.54) is 0 Å². The van der Waals surface area contributed by atoms with Crippen molar-refractivity contribution < 1.29 is 9.90 Å². The number of nitrogens with zero attached hydrogens (tertiary/aromatic N) is 1. The number of nitrogens with one attached hydrogen (secondary N) is 2. The first-order valence-electron chi connectivity index (χ1n) is 4.14. The molecule has 5 heteroatoms. The highest BCUT2D eigenvalue weighted by Gasteiger charge is 2.05. The van der Waals surface area contributed by atoms with Crippen LogP contribution in [-0.4, -0.2) is 27.6 Å². The lowest BCUT2D eigenvalue weighted by molar-refractivity contribution is -0.118. The summed E-state index contributed by atoms with van der Waals surface area (Å²) in [7, 11) is 0. The molecule has 0 aliphatic carbocycles. The van der Waals surface area contributed by atoms with E-state index < -0.39 is 12.5 Å². The van der Waals surface area contributed by atoms with Gasteiger partial charge >= 0.3 is 0 Å². The van der Waals surface area contributed by atoms with Gasteiger partial charge in [0.1, 0.15) is 12.1 Å². The first-order chi connectivity index (χ1) is 6.81. The first kappa shape index (κ1) is 8.71. The van der Waals surface area contributed by atoms with E-state index in [0.717, 1.165) is 5.52 Å². The van der Waals surface area contributed by atoms with Crippen molar-refractivity contribution in [2.45, 2.75) is 0 Å². The molecule has 5 nitrogen and oxygen atoms in total. The lowest BCUT2D eigenvalue weighted by Crippen LogP contribution is -2.15. The lowest BCUT2D eigenvalue weighted by Gasteiger charge is -2.02. The summed E-state index contributed by atoms with van der Waals surface area (Å²) in [6.07, 6.45) is 1.55. The van der Waals surface area contributed by atoms with E-state index in [1.54, 1.807) is 18.5 Å². The predicted octanol–water partition coefficient (Wildman–Crippen LogP) is 0.494. The van der Waals surface area contributed by atoms with Crippen LogP contribution < -0.4 is 5.32 Å². The standard InChI is InChI=1S/C9H9N3O2/c13-4-8(14)12-7-3-1-2-6-9(7)11-5-10-6/h1-3,5,13H,4H2,(H,10,11)(H,12,14). The molecule has 72 valence electrons. The van der Waals surface area contributed by atoms with Crippen molar-refractivity contribution in [2.24, 2.45) is 0 Å². The Labute approximate surface area is 79.8 Å². The summed E-state index contributed by atoms with van der Waals surface area (Å²) >= 11 is 0. The van der Waals surface area contributed by atoms with Crippen LogP contribution in [-0.2, 0) is 4.79 Å². The van der Waals surface area contributed by atoms with Gasteiger partial charge in [-0.25, -0.2) is 4.98 Å². The van der Waals surface area contributed by atoms with Crippen molar-refractivity contribution in [3.8, 4) is 0 Å². The van der Waals surface area contributed by atoms with Gasteiger partial charge in [0, 0.05) is 0 Å². The summed E-state index contributed by atoms with van der Waals surface area (Å²) < 4.78 is 0. The van der Waals surface area contributed by atoms with Crippen LogP contribution in [0, 0.1) is 0 Å². The normalized spacial score (nSPS) is 10.4. The number of aromatic nitrogens is 2. The maximum absolute atomic E-state index is 10.9. The highest BCUT2D eigenvalue weighted by molar-refractivity contribution is 5.99. The number of carbonyl (C=O) groups is 1. The summed E-state index contributed by atoms with van der Waals surface area (Å²) in [4.78, 5) is 17.9. The summed E-state index contributed by atoms with van der Waals surface area (Å²) in [6.45, 7) is -0.527. The Kier molecular flexibility index (Phi) is 2.16. The Bertz CT molecular complexity index is 464. The highest BCUT2D eigenvalue weighted by atomic mass is 16.3. The maximum Gasteiger partial charge on any atom is 0.250 e. The van der Waals surface area contributed by atoms with Crippen LogP contribution >= 0.6 is 0 Å². The zero-order valence-electron chi connectivity index (χ0n) is 7.32. The van der Waals surface area contributed by atoms with E-state index in [4.69, 9.17) is 5.11 Å². The molecule has 0 spiro atoms. The van der Waals surface area contributed by atoms with E-state index in [1.807, 2.05) is 6.07 Å². The predicted molar refractivity (Wildman–Crippen MR) is 51.8 cm³/mol. The number of aliphatic hydroxyl groups is 1. The minimum atomic E-state index is -0.527. The van der Waals surface area contributed by atoms with E-state index in [-0.39, 0.29) is 0 Å². The zero-order valence-corrected chi connectivity index (χ0v) is 7.32. The molecule has 1 amide bonds. The molecular weight excluding hydrogens is 182 g/mol. The van der Waals surface area contributed by atoms with Crippen molar-refractivity contribution in [1.82, 2.24) is 9.97 Å². The molecule has 0 unspecified atom stereocenters. The minimum absolute atomic E-state index is 0.444. The third-order valence-corrected chi connectivity index (χ3v) is 1.87. The number of aliphatic hydroxyl groups excluding tert-OH is 1. The molecule has 3 N–H and O–H groups in total. The van der Waals surface area contributed by atoms with Crippen LogP contribution in [0.5, 0.6) is 0 Å². The van der Waals surface area contributed by atoms with E-state index in [0.29, 0.717) is 11.2 Å². The minimum Gasteiger partial charge on any atom is -0.387 e. The second kappa shape index (κ2) is 3.47. The van der Waals surface area contributed by atoms with Crippen LogP contribution in [0.25, 0.3) is 11.0 Å². The number of anilines is 1. The third kappa shape index (κ3) is 1.45. The van der Waals surface area contributed by atoms with Crippen molar-refractivity contribution in [3.05, 3.63) is 24.5 Å². The Morgan fingerprint density at radius 3 is 3.21 bits per heavy atom. The molecule has 2 aromatic rings. The Morgan fingerprint density at radius 1 is 1.57 bits per heavy atom. The molecule has 0 bridgehead atoms. The number of amides is 1. The van der Waals surface area contributed by atoms with Crippen LogP contribution in [0.2, 0.25) is 0 Å². The highest BCUT2D eigenvalue weighted by Crippen LogP contribution is 2.19. The zero-order chi connectivity index (χ0) is 9.97. The molecule has 2 rings (SSSR count). The Morgan fingerprint density at radius 2 is 2.43 bits per heavy atom. The largest absolute Gasteiger partial charge is 0.387 e. The van der Waals surface area contributed by atoms with Gasteiger partial charge in [-0.3, -0.25) is 4.79 Å². The number of aromatic amines is 1. The van der Waals surface area contributed by atoms with Gasteiger partial charge in [0.25, 0.3) is 0 Å². The first-order valence-corrected chi connectivity index (χ1v) is 4.14. The number of imidazole rings is 1. The molecule has 0 saturated heterocycles. The average Bonchev–Trinajstić information content (AvgIpc) is 2.66. The number of hydrogen-bond donors (Lipinski definition) is 3. The average molecular weight is 191 g/mol. The fourth-order valence-corrected chi connectivity index (χ4v) is 1.26. The monoisotopic (exact) mass is 191 g/mol. The van der Waals surface area contributed by atoms with Gasteiger partial charge in [0.15, 0.2) is 0 Å². The number of H-pyrrole nitrogens is 1. The van der Waals surface area contributed by atoms with Crippen molar-refractivity contribution in [3.63, 3.8) is 0 Å². The smallest absolute Gasteiger partial charge is 0.250 e. The molecule has 1 aromatic heterocycles. The van der Waals surface area contributed by atoms with Gasteiger partial charge in [-0.1, -0.05) is 6.07 Å². The van der Waals surface area contributed by atoms with Gasteiger partial charge in [0.05, 0.1) is 17.5 Å².